The molecule has 6 nitrogen and oxygen atoms in total. The molecule has 0 aliphatic carbocycles. The molecule has 1 aromatic heterocycles. The van der Waals surface area contributed by atoms with Gasteiger partial charge in [0.25, 0.3) is 0 Å². The smallest absolute Gasteiger partial charge is 0.344 e. The Labute approximate surface area is 199 Å². The monoisotopic (exact) mass is 474 g/mol. The van der Waals surface area contributed by atoms with E-state index in [2.05, 4.69) is 0 Å². The van der Waals surface area contributed by atoms with Gasteiger partial charge in [-0.05, 0) is 53.9 Å². The van der Waals surface area contributed by atoms with E-state index >= 15 is 0 Å². The normalized spacial score (nSPS) is 16.1. The van der Waals surface area contributed by atoms with E-state index in [9.17, 15) is 9.59 Å². The fourth-order valence-corrected chi connectivity index (χ4v) is 4.95. The van der Waals surface area contributed by atoms with Crippen molar-refractivity contribution in [2.75, 3.05) is 20.7 Å². The number of rotatable bonds is 6. The van der Waals surface area contributed by atoms with E-state index in [0.29, 0.717) is 46.5 Å². The van der Waals surface area contributed by atoms with Crippen molar-refractivity contribution >= 4 is 34.9 Å². The number of esters is 2. The highest BCUT2D eigenvalue weighted by Crippen LogP contribution is 2.38. The van der Waals surface area contributed by atoms with E-state index in [4.69, 9.17) is 29.9 Å². The summed E-state index contributed by atoms with van der Waals surface area (Å²) in [7, 11) is -1.32. The number of hydrogen-bond acceptors (Lipinski definition) is 7. The highest BCUT2D eigenvalue weighted by molar-refractivity contribution is 7.14. The van der Waals surface area contributed by atoms with Gasteiger partial charge in [-0.2, -0.15) is 0 Å². The molecule has 166 valence electrons. The van der Waals surface area contributed by atoms with Crippen LogP contribution in [0.2, 0.25) is 5.02 Å². The summed E-state index contributed by atoms with van der Waals surface area (Å²) >= 11 is 7.72. The van der Waals surface area contributed by atoms with Crippen LogP contribution in [0, 0.1) is 0 Å². The molecule has 0 saturated heterocycles. The molecule has 0 fully saturated rings. The number of ether oxygens (including phenoxy) is 3. The molecule has 8 heteroatoms. The molecule has 0 spiro atoms. The third kappa shape index (κ3) is 4.65. The molecular formula is C24H22ClNO5S. The summed E-state index contributed by atoms with van der Waals surface area (Å²) in [4.78, 5) is 28.3. The number of benzene rings is 2. The molecule has 1 aliphatic rings. The zero-order valence-corrected chi connectivity index (χ0v) is 18.7. The summed E-state index contributed by atoms with van der Waals surface area (Å²) in [5.41, 5.74) is 1.75. The van der Waals surface area contributed by atoms with Gasteiger partial charge in [-0.1, -0.05) is 29.8 Å². The Morgan fingerprint density at radius 1 is 1.19 bits per heavy atom. The summed E-state index contributed by atoms with van der Waals surface area (Å²) < 4.78 is 37.5. The first-order valence-electron chi connectivity index (χ1n) is 11.3. The minimum atomic E-state index is -2.87. The number of carbonyl (C=O) groups excluding carboxylic acids is 2. The molecule has 1 atom stereocenters. The van der Waals surface area contributed by atoms with Crippen molar-refractivity contribution in [3.8, 4) is 10.8 Å². The predicted molar refractivity (Wildman–Crippen MR) is 123 cm³/mol. The Balaban J connectivity index is 1.54. The summed E-state index contributed by atoms with van der Waals surface area (Å²) in [5, 5.41) is 0.780. The summed E-state index contributed by atoms with van der Waals surface area (Å²) in [5.74, 6) is -0.750. The van der Waals surface area contributed by atoms with Gasteiger partial charge in [0.2, 0.25) is 0 Å². The lowest BCUT2D eigenvalue weighted by Gasteiger charge is -2.33. The van der Waals surface area contributed by atoms with Gasteiger partial charge in [0.15, 0.2) is 5.06 Å². The lowest BCUT2D eigenvalue weighted by molar-refractivity contribution is -0.147. The minimum Gasteiger partial charge on any atom is -0.497 e. The Kier molecular flexibility index (Phi) is 5.68. The largest absolute Gasteiger partial charge is 0.497 e. The molecule has 2 heterocycles. The Hall–Kier alpha value is -2.87. The third-order valence-electron chi connectivity index (χ3n) is 5.28. The number of nitrogens with zero attached hydrogens (tertiary/aromatic N) is 1. The van der Waals surface area contributed by atoms with Crippen molar-refractivity contribution in [3.05, 3.63) is 81.2 Å². The van der Waals surface area contributed by atoms with E-state index in [-0.39, 0.29) is 0 Å². The van der Waals surface area contributed by atoms with Gasteiger partial charge < -0.3 is 14.2 Å². The van der Waals surface area contributed by atoms with Crippen molar-refractivity contribution in [3.63, 3.8) is 0 Å². The van der Waals surface area contributed by atoms with Crippen LogP contribution in [0.25, 0.3) is 0 Å². The number of methoxy groups -OCH3 is 2. The van der Waals surface area contributed by atoms with Crippen LogP contribution in [0.15, 0.2) is 54.6 Å². The van der Waals surface area contributed by atoms with Crippen molar-refractivity contribution in [1.82, 2.24) is 4.90 Å². The fraction of sp³-hybridized carbons (Fsp3) is 0.250. The van der Waals surface area contributed by atoms with Crippen molar-refractivity contribution in [2.45, 2.75) is 19.0 Å². The Bertz CT molecular complexity index is 1230. The standard InChI is InChI=1S/C24H22ClNO5S/c1-29-17-9-7-15(8-10-17)23(27)31-21-13-16-14-26(12-11-20(16)32-21)22(24(28)30-2)18-5-3-4-6-19(18)25/h3-10,13,22H,11-12,14H2,1-2H3/t22-/m0/s1/i2D3. The van der Waals surface area contributed by atoms with E-state index < -0.39 is 25.0 Å². The van der Waals surface area contributed by atoms with Gasteiger partial charge >= 0.3 is 11.9 Å². The number of carbonyl (C=O) groups is 2. The maximum Gasteiger partial charge on any atom is 0.344 e. The molecule has 0 bridgehead atoms. The van der Waals surface area contributed by atoms with Crippen LogP contribution in [0.1, 0.15) is 36.5 Å². The molecule has 0 saturated carbocycles. The molecule has 4 rings (SSSR count). The Morgan fingerprint density at radius 2 is 1.97 bits per heavy atom. The van der Waals surface area contributed by atoms with Crippen LogP contribution >= 0.6 is 22.9 Å². The van der Waals surface area contributed by atoms with Crippen LogP contribution in [0.5, 0.6) is 10.8 Å². The van der Waals surface area contributed by atoms with Gasteiger partial charge in [0.05, 0.1) is 23.8 Å². The van der Waals surface area contributed by atoms with Gasteiger partial charge in [-0.15, -0.1) is 11.3 Å². The molecular weight excluding hydrogens is 450 g/mol. The molecule has 0 amide bonds. The van der Waals surface area contributed by atoms with Gasteiger partial charge in [-0.25, -0.2) is 9.59 Å². The maximum atomic E-state index is 12.9. The van der Waals surface area contributed by atoms with E-state index in [1.54, 1.807) is 61.7 Å². The Morgan fingerprint density at radius 3 is 2.69 bits per heavy atom. The second-order valence-electron chi connectivity index (χ2n) is 7.20. The molecule has 2 aromatic carbocycles. The number of halogens is 1. The van der Waals surface area contributed by atoms with Crippen LogP contribution in [0.3, 0.4) is 0 Å². The van der Waals surface area contributed by atoms with Crippen LogP contribution < -0.4 is 9.47 Å². The first kappa shape index (κ1) is 18.7. The number of fused-ring (bicyclic) bond motifs is 1. The molecule has 0 radical (unpaired) electrons. The van der Waals surface area contributed by atoms with Gasteiger partial charge in [0, 0.05) is 23.0 Å². The lowest BCUT2D eigenvalue weighted by atomic mass is 10.0. The molecule has 0 N–H and O–H groups in total. The predicted octanol–water partition coefficient (Wildman–Crippen LogP) is 4.90. The highest BCUT2D eigenvalue weighted by Gasteiger charge is 2.33. The number of hydrogen-bond donors (Lipinski definition) is 0. The van der Waals surface area contributed by atoms with Crippen LogP contribution in [-0.2, 0) is 22.5 Å². The van der Waals surface area contributed by atoms with E-state index in [1.807, 2.05) is 4.90 Å². The average molecular weight is 475 g/mol. The average Bonchev–Trinajstić information content (AvgIpc) is 3.21. The lowest BCUT2D eigenvalue weighted by Crippen LogP contribution is -2.38. The zero-order chi connectivity index (χ0) is 25.2. The molecule has 0 unspecified atom stereocenters. The molecule has 1 aliphatic heterocycles. The van der Waals surface area contributed by atoms with Crippen LogP contribution in [0.4, 0.5) is 0 Å². The van der Waals surface area contributed by atoms with Crippen LogP contribution in [-0.4, -0.2) is 37.5 Å². The third-order valence-corrected chi connectivity index (χ3v) is 6.74. The van der Waals surface area contributed by atoms with Crippen molar-refractivity contribution in [2.24, 2.45) is 0 Å². The van der Waals surface area contributed by atoms with Gasteiger partial charge in [0.1, 0.15) is 11.8 Å². The topological polar surface area (TPSA) is 65.1 Å². The maximum absolute atomic E-state index is 12.9. The summed E-state index contributed by atoms with van der Waals surface area (Å²) in [6, 6.07) is 14.2. The van der Waals surface area contributed by atoms with Crippen molar-refractivity contribution < 1.29 is 27.9 Å². The van der Waals surface area contributed by atoms with Gasteiger partial charge in [-0.3, -0.25) is 4.90 Å². The molecule has 3 aromatic rings. The first-order valence-corrected chi connectivity index (χ1v) is 11.0. The van der Waals surface area contributed by atoms with Crippen molar-refractivity contribution in [1.29, 1.82) is 0 Å². The summed E-state index contributed by atoms with van der Waals surface area (Å²) in [6.45, 7) is 0.795. The fourth-order valence-electron chi connectivity index (χ4n) is 3.70. The summed E-state index contributed by atoms with van der Waals surface area (Å²) in [6.07, 6.45) is 0.585. The van der Waals surface area contributed by atoms with E-state index in [0.717, 1.165) is 10.4 Å². The highest BCUT2D eigenvalue weighted by atomic mass is 35.5. The minimum absolute atomic E-state index is 0.331. The second kappa shape index (κ2) is 9.73. The zero-order valence-electron chi connectivity index (χ0n) is 20.2. The SMILES string of the molecule is [2H]C([2H])([2H])OC(=O)[C@H](c1ccccc1Cl)N1CCc2sc(OC(=O)c3ccc(OC)cc3)cc2C1. The second-order valence-corrected chi connectivity index (χ2v) is 8.70. The number of thiophene rings is 1. The quantitative estimate of drug-likeness (QED) is 0.473. The van der Waals surface area contributed by atoms with E-state index in [1.165, 1.54) is 11.3 Å². The first-order chi connectivity index (χ1) is 16.6. The molecule has 32 heavy (non-hydrogen) atoms.